The Labute approximate surface area is 202 Å². The number of nitrogens with one attached hydrogen (secondary N) is 1. The van der Waals surface area contributed by atoms with Crippen molar-refractivity contribution in [2.45, 2.75) is 38.1 Å². The Morgan fingerprint density at radius 1 is 1.29 bits per heavy atom. The molecule has 0 aliphatic heterocycles. The predicted molar refractivity (Wildman–Crippen MR) is 129 cm³/mol. The minimum absolute atomic E-state index is 0.165. The van der Waals surface area contributed by atoms with E-state index < -0.39 is 34.5 Å². The van der Waals surface area contributed by atoms with Crippen LogP contribution in [0.4, 0.5) is 5.82 Å². The highest BCUT2D eigenvalue weighted by Gasteiger charge is 2.42. The van der Waals surface area contributed by atoms with Crippen LogP contribution in [0.5, 0.6) is 0 Å². The van der Waals surface area contributed by atoms with Crippen LogP contribution in [0.1, 0.15) is 29.3 Å². The van der Waals surface area contributed by atoms with Gasteiger partial charge in [0, 0.05) is 41.3 Å². The van der Waals surface area contributed by atoms with Gasteiger partial charge in [-0.25, -0.2) is 15.1 Å². The third kappa shape index (κ3) is 5.41. The van der Waals surface area contributed by atoms with Crippen molar-refractivity contribution in [2.24, 2.45) is 11.1 Å². The standard InChI is InChI=1S/C23H27N5O6S/c1-2-3-8-28-11-17(15-6-4-5-7-19(15)28)21(30)16-10-25-13-26-23(16)27-18-9-14(20(29)22(18)31)12-34-35(24,32)33/h2-7,10-11,13-14,18,20,22,29,31H,8-9,12H2,1H3,(H2,24,32,33)(H,25,26,27)/b3-2+/t14-,18-,20-,22+/m1/s1. The van der Waals surface area contributed by atoms with Gasteiger partial charge in [-0.05, 0) is 19.4 Å². The predicted octanol–water partition coefficient (Wildman–Crippen LogP) is 0.981. The van der Waals surface area contributed by atoms with Gasteiger partial charge in [0.2, 0.25) is 0 Å². The molecular formula is C23H27N5O6S. The summed E-state index contributed by atoms with van der Waals surface area (Å²) in [5.74, 6) is -0.795. The Kier molecular flexibility index (Phi) is 7.28. The van der Waals surface area contributed by atoms with E-state index in [-0.39, 0.29) is 30.2 Å². The molecular weight excluding hydrogens is 474 g/mol. The molecule has 3 aromatic rings. The van der Waals surface area contributed by atoms with E-state index in [4.69, 9.17) is 5.14 Å². The van der Waals surface area contributed by atoms with Gasteiger partial charge in [-0.15, -0.1) is 0 Å². The third-order valence-corrected chi connectivity index (χ3v) is 6.56. The van der Waals surface area contributed by atoms with Gasteiger partial charge in [-0.1, -0.05) is 30.4 Å². The second-order valence-electron chi connectivity index (χ2n) is 8.40. The molecule has 0 amide bonds. The van der Waals surface area contributed by atoms with Crippen molar-refractivity contribution in [3.63, 3.8) is 0 Å². The van der Waals surface area contributed by atoms with Gasteiger partial charge in [0.15, 0.2) is 5.78 Å². The first-order valence-corrected chi connectivity index (χ1v) is 12.5. The van der Waals surface area contributed by atoms with Crippen LogP contribution < -0.4 is 10.5 Å². The summed E-state index contributed by atoms with van der Waals surface area (Å²) in [5.41, 5.74) is 1.59. The number of allylic oxidation sites excluding steroid dienone is 2. The Morgan fingerprint density at radius 3 is 2.80 bits per heavy atom. The summed E-state index contributed by atoms with van der Waals surface area (Å²) in [6.07, 6.45) is 6.05. The zero-order valence-corrected chi connectivity index (χ0v) is 19.8. The average Bonchev–Trinajstić information content (AvgIpc) is 3.33. The first-order chi connectivity index (χ1) is 16.7. The maximum absolute atomic E-state index is 13.6. The molecule has 35 heavy (non-hydrogen) atoms. The van der Waals surface area contributed by atoms with Crippen molar-refractivity contribution in [3.05, 3.63) is 66.3 Å². The zero-order valence-electron chi connectivity index (χ0n) is 19.0. The molecule has 0 unspecified atom stereocenters. The topological polar surface area (TPSA) is 170 Å². The molecule has 186 valence electrons. The number of carbonyl (C=O) groups excluding carboxylic acids is 1. The van der Waals surface area contributed by atoms with Crippen LogP contribution in [0, 0.1) is 5.92 Å². The number of nitrogens with two attached hydrogens (primary N) is 1. The van der Waals surface area contributed by atoms with Crippen molar-refractivity contribution < 1.29 is 27.6 Å². The lowest BCUT2D eigenvalue weighted by Gasteiger charge is -2.19. The maximum atomic E-state index is 13.6. The molecule has 4 atom stereocenters. The van der Waals surface area contributed by atoms with E-state index in [2.05, 4.69) is 19.5 Å². The summed E-state index contributed by atoms with van der Waals surface area (Å²) in [5, 5.41) is 29.5. The van der Waals surface area contributed by atoms with Crippen molar-refractivity contribution in [3.8, 4) is 0 Å². The monoisotopic (exact) mass is 501 g/mol. The van der Waals surface area contributed by atoms with Crippen LogP contribution in [0.2, 0.25) is 0 Å². The normalized spacial score (nSPS) is 22.7. The highest BCUT2D eigenvalue weighted by molar-refractivity contribution is 7.84. The number of aliphatic hydroxyl groups is 2. The lowest BCUT2D eigenvalue weighted by Crippen LogP contribution is -2.36. The number of carbonyl (C=O) groups is 1. The van der Waals surface area contributed by atoms with Crippen molar-refractivity contribution in [1.82, 2.24) is 14.5 Å². The minimum atomic E-state index is -4.18. The van der Waals surface area contributed by atoms with Gasteiger partial charge in [0.25, 0.3) is 0 Å². The lowest BCUT2D eigenvalue weighted by atomic mass is 10.0. The van der Waals surface area contributed by atoms with Crippen molar-refractivity contribution in [2.75, 3.05) is 11.9 Å². The second kappa shape index (κ2) is 10.2. The molecule has 2 heterocycles. The molecule has 0 radical (unpaired) electrons. The molecule has 1 saturated carbocycles. The molecule has 1 aromatic carbocycles. The second-order valence-corrected chi connectivity index (χ2v) is 9.62. The van der Waals surface area contributed by atoms with Crippen molar-refractivity contribution in [1.29, 1.82) is 0 Å². The van der Waals surface area contributed by atoms with Gasteiger partial charge in [-0.3, -0.25) is 8.98 Å². The van der Waals surface area contributed by atoms with Crippen LogP contribution in [0.25, 0.3) is 10.9 Å². The zero-order chi connectivity index (χ0) is 25.2. The number of fused-ring (bicyclic) bond motifs is 1. The van der Waals surface area contributed by atoms with Crippen LogP contribution in [0.3, 0.4) is 0 Å². The first-order valence-electron chi connectivity index (χ1n) is 11.0. The number of anilines is 1. The number of benzene rings is 1. The molecule has 11 nitrogen and oxygen atoms in total. The fourth-order valence-corrected chi connectivity index (χ4v) is 4.71. The fourth-order valence-electron chi connectivity index (χ4n) is 4.34. The molecule has 0 spiro atoms. The van der Waals surface area contributed by atoms with E-state index in [1.54, 1.807) is 6.20 Å². The van der Waals surface area contributed by atoms with Crippen LogP contribution in [-0.2, 0) is 21.0 Å². The Balaban J connectivity index is 1.60. The Hall–Kier alpha value is -3.16. The Morgan fingerprint density at radius 2 is 2.06 bits per heavy atom. The number of para-hydroxylation sites is 1. The first kappa shape index (κ1) is 24.9. The van der Waals surface area contributed by atoms with E-state index in [1.165, 1.54) is 12.5 Å². The highest BCUT2D eigenvalue weighted by atomic mass is 32.2. The smallest absolute Gasteiger partial charge is 0.333 e. The fraction of sp³-hybridized carbons (Fsp3) is 0.348. The van der Waals surface area contributed by atoms with E-state index in [9.17, 15) is 23.4 Å². The van der Waals surface area contributed by atoms with Gasteiger partial charge >= 0.3 is 10.3 Å². The number of nitrogens with zero attached hydrogens (tertiary/aromatic N) is 3. The minimum Gasteiger partial charge on any atom is -0.390 e. The van der Waals surface area contributed by atoms with Gasteiger partial charge < -0.3 is 20.1 Å². The van der Waals surface area contributed by atoms with Crippen LogP contribution in [0.15, 0.2) is 55.1 Å². The van der Waals surface area contributed by atoms with E-state index in [1.807, 2.05) is 47.9 Å². The highest BCUT2D eigenvalue weighted by Crippen LogP contribution is 2.31. The van der Waals surface area contributed by atoms with E-state index in [0.717, 1.165) is 10.9 Å². The van der Waals surface area contributed by atoms with Gasteiger partial charge in [0.05, 0.1) is 24.3 Å². The number of aromatic nitrogens is 3. The summed E-state index contributed by atoms with van der Waals surface area (Å²) in [6, 6.07) is 6.87. The summed E-state index contributed by atoms with van der Waals surface area (Å²) >= 11 is 0. The largest absolute Gasteiger partial charge is 0.390 e. The summed E-state index contributed by atoms with van der Waals surface area (Å²) in [6.45, 7) is 2.16. The number of ketones is 1. The molecule has 0 saturated heterocycles. The van der Waals surface area contributed by atoms with Crippen LogP contribution >= 0.6 is 0 Å². The number of aliphatic hydroxyl groups excluding tert-OH is 2. The molecule has 4 rings (SSSR count). The number of hydrogen-bond donors (Lipinski definition) is 4. The van der Waals surface area contributed by atoms with E-state index >= 15 is 0 Å². The van der Waals surface area contributed by atoms with Crippen LogP contribution in [-0.4, -0.2) is 63.8 Å². The summed E-state index contributed by atoms with van der Waals surface area (Å²) < 4.78 is 28.7. The molecule has 2 aromatic heterocycles. The summed E-state index contributed by atoms with van der Waals surface area (Å²) in [7, 11) is -4.18. The molecule has 12 heteroatoms. The SMILES string of the molecule is C/C=C/Cn1cc(C(=O)c2cncnc2N[C@@H]2C[C@H](COS(N)(=O)=O)[C@@H](O)[C@H]2O)c2ccccc21. The molecule has 1 aliphatic rings. The van der Waals surface area contributed by atoms with E-state index in [0.29, 0.717) is 12.1 Å². The maximum Gasteiger partial charge on any atom is 0.333 e. The van der Waals surface area contributed by atoms with Crippen molar-refractivity contribution >= 4 is 32.8 Å². The summed E-state index contributed by atoms with van der Waals surface area (Å²) in [4.78, 5) is 21.8. The van der Waals surface area contributed by atoms with Gasteiger partial charge in [-0.2, -0.15) is 8.42 Å². The average molecular weight is 502 g/mol. The van der Waals surface area contributed by atoms with Gasteiger partial charge in [0.1, 0.15) is 18.2 Å². The molecule has 0 bridgehead atoms. The Bertz CT molecular complexity index is 1360. The molecule has 1 aliphatic carbocycles. The number of rotatable bonds is 9. The lowest BCUT2D eigenvalue weighted by molar-refractivity contribution is 0.00778. The number of hydrogen-bond acceptors (Lipinski definition) is 9. The molecule has 1 fully saturated rings. The molecule has 5 N–H and O–H groups in total. The quantitative estimate of drug-likeness (QED) is 0.246. The third-order valence-electron chi connectivity index (χ3n) is 6.10.